The first-order valence-corrected chi connectivity index (χ1v) is 5.78. The van der Waals surface area contributed by atoms with E-state index in [2.05, 4.69) is 15.7 Å². The molecule has 0 aromatic carbocycles. The third-order valence-corrected chi connectivity index (χ3v) is 2.40. The number of aromatic nitrogens is 2. The largest absolute Gasteiger partial charge is 0.480 e. The maximum Gasteiger partial charge on any atom is 0.326 e. The van der Waals surface area contributed by atoms with Crippen molar-refractivity contribution in [1.29, 1.82) is 0 Å². The quantitative estimate of drug-likeness (QED) is 0.741. The van der Waals surface area contributed by atoms with Gasteiger partial charge in [-0.3, -0.25) is 4.68 Å². The van der Waals surface area contributed by atoms with Crippen LogP contribution in [0.5, 0.6) is 0 Å². The lowest BCUT2D eigenvalue weighted by molar-refractivity contribution is -0.139. The van der Waals surface area contributed by atoms with E-state index in [1.54, 1.807) is 17.8 Å². The van der Waals surface area contributed by atoms with E-state index in [1.807, 2.05) is 13.8 Å². The number of nitrogens with zero attached hydrogens (tertiary/aromatic N) is 2. The molecule has 2 amide bonds. The monoisotopic (exact) mass is 254 g/mol. The first kappa shape index (κ1) is 14.0. The molecule has 7 heteroatoms. The predicted octanol–water partition coefficient (Wildman–Crippen LogP) is 1.45. The van der Waals surface area contributed by atoms with Gasteiger partial charge in [-0.2, -0.15) is 5.10 Å². The molecular weight excluding hydrogens is 236 g/mol. The molecule has 0 aliphatic carbocycles. The van der Waals surface area contributed by atoms with Gasteiger partial charge in [0.2, 0.25) is 0 Å². The summed E-state index contributed by atoms with van der Waals surface area (Å²) in [5.41, 5.74) is 0.529. The molecule has 1 aromatic heterocycles. The highest BCUT2D eigenvalue weighted by Crippen LogP contribution is 2.09. The van der Waals surface area contributed by atoms with Crippen molar-refractivity contribution in [1.82, 2.24) is 15.1 Å². The Kier molecular flexibility index (Phi) is 4.70. The lowest BCUT2D eigenvalue weighted by atomic mass is 10.2. The van der Waals surface area contributed by atoms with Crippen LogP contribution in [0.15, 0.2) is 12.4 Å². The summed E-state index contributed by atoms with van der Waals surface area (Å²) in [5, 5.41) is 17.8. The molecule has 1 atom stereocenters. The van der Waals surface area contributed by atoms with Crippen LogP contribution in [0.2, 0.25) is 0 Å². The van der Waals surface area contributed by atoms with E-state index in [9.17, 15) is 9.59 Å². The van der Waals surface area contributed by atoms with Gasteiger partial charge in [0.25, 0.3) is 0 Å². The molecule has 0 saturated carbocycles. The average molecular weight is 254 g/mol. The fourth-order valence-electron chi connectivity index (χ4n) is 1.35. The molecule has 0 saturated heterocycles. The second-order valence-corrected chi connectivity index (χ2v) is 4.20. The summed E-state index contributed by atoms with van der Waals surface area (Å²) in [7, 11) is 0. The minimum absolute atomic E-state index is 0.200. The first-order chi connectivity index (χ1) is 8.43. The molecule has 0 aliphatic rings. The summed E-state index contributed by atoms with van der Waals surface area (Å²) >= 11 is 0. The number of carbonyl (C=O) groups is 2. The van der Waals surface area contributed by atoms with Gasteiger partial charge in [-0.1, -0.05) is 6.92 Å². The fourth-order valence-corrected chi connectivity index (χ4v) is 1.35. The summed E-state index contributed by atoms with van der Waals surface area (Å²) in [5.74, 6) is -1.05. The van der Waals surface area contributed by atoms with Crippen molar-refractivity contribution in [2.75, 3.05) is 5.32 Å². The van der Waals surface area contributed by atoms with Crippen LogP contribution in [0.25, 0.3) is 0 Å². The zero-order valence-electron chi connectivity index (χ0n) is 10.7. The predicted molar refractivity (Wildman–Crippen MR) is 66.5 cm³/mol. The van der Waals surface area contributed by atoms with Crippen molar-refractivity contribution in [2.24, 2.45) is 0 Å². The van der Waals surface area contributed by atoms with Gasteiger partial charge in [0.15, 0.2) is 0 Å². The third kappa shape index (κ3) is 3.76. The van der Waals surface area contributed by atoms with Crippen molar-refractivity contribution in [3.63, 3.8) is 0 Å². The Hall–Kier alpha value is -2.05. The van der Waals surface area contributed by atoms with Crippen molar-refractivity contribution in [2.45, 2.75) is 39.3 Å². The van der Waals surface area contributed by atoms with Crippen molar-refractivity contribution in [3.8, 4) is 0 Å². The molecule has 1 aromatic rings. The SMILES string of the molecule is CC[C@@H](NC(=O)Nc1cnn(C(C)C)c1)C(=O)O. The molecule has 7 nitrogen and oxygen atoms in total. The van der Waals surface area contributed by atoms with Crippen LogP contribution in [0.3, 0.4) is 0 Å². The number of carbonyl (C=O) groups excluding carboxylic acids is 1. The Morgan fingerprint density at radius 3 is 2.61 bits per heavy atom. The zero-order valence-corrected chi connectivity index (χ0v) is 10.7. The summed E-state index contributed by atoms with van der Waals surface area (Å²) in [6.07, 6.45) is 3.53. The Morgan fingerprint density at radius 2 is 2.17 bits per heavy atom. The molecule has 0 radical (unpaired) electrons. The normalized spacial score (nSPS) is 12.2. The maximum atomic E-state index is 11.5. The van der Waals surface area contributed by atoms with Crippen molar-refractivity contribution < 1.29 is 14.7 Å². The number of hydrogen-bond donors (Lipinski definition) is 3. The second-order valence-electron chi connectivity index (χ2n) is 4.20. The Bertz CT molecular complexity index is 428. The molecular formula is C11H18N4O3. The first-order valence-electron chi connectivity index (χ1n) is 5.78. The number of carboxylic acids is 1. The van der Waals surface area contributed by atoms with E-state index in [0.29, 0.717) is 12.1 Å². The van der Waals surface area contributed by atoms with Gasteiger partial charge in [-0.25, -0.2) is 9.59 Å². The number of amides is 2. The van der Waals surface area contributed by atoms with Gasteiger partial charge in [0.05, 0.1) is 11.9 Å². The Morgan fingerprint density at radius 1 is 1.50 bits per heavy atom. The molecule has 3 N–H and O–H groups in total. The van der Waals surface area contributed by atoms with Crippen LogP contribution in [0.1, 0.15) is 33.2 Å². The maximum absolute atomic E-state index is 11.5. The molecule has 0 aliphatic heterocycles. The van der Waals surface area contributed by atoms with E-state index in [4.69, 9.17) is 5.11 Å². The minimum atomic E-state index is -1.05. The number of urea groups is 1. The summed E-state index contributed by atoms with van der Waals surface area (Å²) in [6.45, 7) is 5.62. The molecule has 1 heterocycles. The number of aliphatic carboxylic acids is 1. The van der Waals surface area contributed by atoms with Gasteiger partial charge < -0.3 is 15.7 Å². The number of carboxylic acid groups (broad SMARTS) is 1. The van der Waals surface area contributed by atoms with Crippen LogP contribution in [-0.2, 0) is 4.79 Å². The van der Waals surface area contributed by atoms with E-state index < -0.39 is 18.0 Å². The number of anilines is 1. The van der Waals surface area contributed by atoms with Gasteiger partial charge in [0, 0.05) is 12.2 Å². The Balaban J connectivity index is 2.56. The van der Waals surface area contributed by atoms with Crippen LogP contribution in [0, 0.1) is 0 Å². The van der Waals surface area contributed by atoms with Gasteiger partial charge in [-0.15, -0.1) is 0 Å². The average Bonchev–Trinajstić information content (AvgIpc) is 2.74. The lowest BCUT2D eigenvalue weighted by Crippen LogP contribution is -2.42. The Labute approximate surface area is 105 Å². The van der Waals surface area contributed by atoms with Crippen molar-refractivity contribution >= 4 is 17.7 Å². The molecule has 18 heavy (non-hydrogen) atoms. The van der Waals surface area contributed by atoms with Gasteiger partial charge >= 0.3 is 12.0 Å². The third-order valence-electron chi connectivity index (χ3n) is 2.40. The molecule has 100 valence electrons. The number of nitrogens with one attached hydrogen (secondary N) is 2. The second kappa shape index (κ2) is 6.04. The van der Waals surface area contributed by atoms with E-state index in [0.717, 1.165) is 0 Å². The molecule has 0 unspecified atom stereocenters. The number of rotatable bonds is 5. The van der Waals surface area contributed by atoms with E-state index in [1.165, 1.54) is 6.20 Å². The van der Waals surface area contributed by atoms with Crippen LogP contribution in [-0.4, -0.2) is 32.9 Å². The number of hydrogen-bond acceptors (Lipinski definition) is 3. The molecule has 1 rings (SSSR count). The smallest absolute Gasteiger partial charge is 0.326 e. The summed E-state index contributed by atoms with van der Waals surface area (Å²) in [6, 6.07) is -1.23. The minimum Gasteiger partial charge on any atom is -0.480 e. The highest BCUT2D eigenvalue weighted by molar-refractivity contribution is 5.91. The molecule has 0 bridgehead atoms. The van der Waals surface area contributed by atoms with Gasteiger partial charge in [-0.05, 0) is 20.3 Å². The highest BCUT2D eigenvalue weighted by atomic mass is 16.4. The highest BCUT2D eigenvalue weighted by Gasteiger charge is 2.17. The summed E-state index contributed by atoms with van der Waals surface area (Å²) in [4.78, 5) is 22.3. The summed E-state index contributed by atoms with van der Waals surface area (Å²) < 4.78 is 1.70. The fraction of sp³-hybridized carbons (Fsp3) is 0.545. The zero-order chi connectivity index (χ0) is 13.7. The van der Waals surface area contributed by atoms with E-state index in [-0.39, 0.29) is 6.04 Å². The lowest BCUT2D eigenvalue weighted by Gasteiger charge is -2.12. The van der Waals surface area contributed by atoms with Crippen LogP contribution in [0.4, 0.5) is 10.5 Å². The van der Waals surface area contributed by atoms with Crippen molar-refractivity contribution in [3.05, 3.63) is 12.4 Å². The van der Waals surface area contributed by atoms with Crippen LogP contribution < -0.4 is 10.6 Å². The van der Waals surface area contributed by atoms with Gasteiger partial charge in [0.1, 0.15) is 6.04 Å². The standard InChI is InChI=1S/C11H18N4O3/c1-4-9(10(16)17)14-11(18)13-8-5-12-15(6-8)7(2)3/h5-7,9H,4H2,1-3H3,(H,16,17)(H2,13,14,18)/t9-/m1/s1. The molecule has 0 fully saturated rings. The van der Waals surface area contributed by atoms with E-state index >= 15 is 0 Å². The van der Waals surface area contributed by atoms with Crippen LogP contribution >= 0.6 is 0 Å². The molecule has 0 spiro atoms. The topological polar surface area (TPSA) is 96.3 Å².